The van der Waals surface area contributed by atoms with Crippen LogP contribution in [-0.4, -0.2) is 60.5 Å². The molecule has 0 aliphatic carbocycles. The van der Waals surface area contributed by atoms with Crippen LogP contribution in [0.15, 0.2) is 52.3 Å². The molecule has 1 aliphatic rings. The molecule has 2 aromatic carbocycles. The third-order valence-corrected chi connectivity index (χ3v) is 7.93. The number of sulfonamides is 2. The van der Waals surface area contributed by atoms with Gasteiger partial charge in [-0.05, 0) is 55.0 Å². The Bertz CT molecular complexity index is 1140. The second kappa shape index (κ2) is 8.72. The molecule has 1 aliphatic heterocycles. The van der Waals surface area contributed by atoms with E-state index in [0.717, 1.165) is 0 Å². The molecule has 0 atom stereocenters. The predicted molar refractivity (Wildman–Crippen MR) is 109 cm³/mol. The fourth-order valence-corrected chi connectivity index (χ4v) is 5.49. The number of aryl methyl sites for hydroxylation is 1. The van der Waals surface area contributed by atoms with Gasteiger partial charge in [0.25, 0.3) is 10.0 Å². The monoisotopic (exact) mass is 454 g/mol. The Balaban J connectivity index is 1.81. The Morgan fingerprint density at radius 3 is 2.17 bits per heavy atom. The molecule has 162 valence electrons. The second-order valence-corrected chi connectivity index (χ2v) is 10.2. The number of anilines is 1. The molecule has 1 saturated heterocycles. The SMILES string of the molecule is COC(=O)c1ccc(NS(=O)(=O)c2ccc(S(=O)(=O)N3CCOCC3)cc2)c(C)c1. The van der Waals surface area contributed by atoms with Crippen molar-refractivity contribution in [1.29, 1.82) is 0 Å². The van der Waals surface area contributed by atoms with E-state index in [0.29, 0.717) is 30.0 Å². The van der Waals surface area contributed by atoms with Crippen LogP contribution in [0.3, 0.4) is 0 Å². The van der Waals surface area contributed by atoms with Crippen LogP contribution in [0.4, 0.5) is 5.69 Å². The van der Waals surface area contributed by atoms with Crippen molar-refractivity contribution in [3.05, 3.63) is 53.6 Å². The predicted octanol–water partition coefficient (Wildman–Crippen LogP) is 1.60. The molecule has 0 spiro atoms. The third kappa shape index (κ3) is 4.64. The first-order valence-electron chi connectivity index (χ1n) is 9.05. The molecule has 1 heterocycles. The van der Waals surface area contributed by atoms with Gasteiger partial charge in [0.1, 0.15) is 0 Å². The van der Waals surface area contributed by atoms with Crippen LogP contribution >= 0.6 is 0 Å². The highest BCUT2D eigenvalue weighted by Gasteiger charge is 2.27. The van der Waals surface area contributed by atoms with Crippen molar-refractivity contribution < 1.29 is 31.1 Å². The number of morpholine rings is 1. The minimum Gasteiger partial charge on any atom is -0.465 e. The summed E-state index contributed by atoms with van der Waals surface area (Å²) in [6.07, 6.45) is 0. The zero-order valence-electron chi connectivity index (χ0n) is 16.5. The molecule has 11 heteroatoms. The van der Waals surface area contributed by atoms with Gasteiger partial charge in [0, 0.05) is 13.1 Å². The largest absolute Gasteiger partial charge is 0.465 e. The van der Waals surface area contributed by atoms with Crippen molar-refractivity contribution in [1.82, 2.24) is 4.31 Å². The Morgan fingerprint density at radius 1 is 1.00 bits per heavy atom. The van der Waals surface area contributed by atoms with Crippen LogP contribution in [0.5, 0.6) is 0 Å². The highest BCUT2D eigenvalue weighted by molar-refractivity contribution is 7.92. The first-order chi connectivity index (χ1) is 14.1. The average Bonchev–Trinajstić information content (AvgIpc) is 2.75. The molecule has 30 heavy (non-hydrogen) atoms. The number of carbonyl (C=O) groups is 1. The summed E-state index contributed by atoms with van der Waals surface area (Å²) >= 11 is 0. The van der Waals surface area contributed by atoms with Gasteiger partial charge >= 0.3 is 5.97 Å². The lowest BCUT2D eigenvalue weighted by Crippen LogP contribution is -2.40. The van der Waals surface area contributed by atoms with Gasteiger partial charge in [-0.3, -0.25) is 4.72 Å². The van der Waals surface area contributed by atoms with Crippen LogP contribution in [-0.2, 0) is 29.5 Å². The second-order valence-electron chi connectivity index (χ2n) is 6.61. The van der Waals surface area contributed by atoms with E-state index in [1.807, 2.05) is 0 Å². The van der Waals surface area contributed by atoms with Gasteiger partial charge in [0.15, 0.2) is 0 Å². The van der Waals surface area contributed by atoms with Crippen molar-refractivity contribution in [3.8, 4) is 0 Å². The summed E-state index contributed by atoms with van der Waals surface area (Å²) < 4.78 is 64.3. The van der Waals surface area contributed by atoms with E-state index >= 15 is 0 Å². The molecule has 0 amide bonds. The number of carbonyl (C=O) groups excluding carboxylic acids is 1. The maximum absolute atomic E-state index is 12.7. The van der Waals surface area contributed by atoms with Gasteiger partial charge in [-0.15, -0.1) is 0 Å². The van der Waals surface area contributed by atoms with E-state index < -0.39 is 26.0 Å². The normalized spacial score (nSPS) is 15.5. The molecular weight excluding hydrogens is 432 g/mol. The van der Waals surface area contributed by atoms with Gasteiger partial charge in [-0.25, -0.2) is 21.6 Å². The molecule has 1 fully saturated rings. The molecule has 0 aromatic heterocycles. The lowest BCUT2D eigenvalue weighted by molar-refractivity contribution is 0.0600. The summed E-state index contributed by atoms with van der Waals surface area (Å²) in [6, 6.07) is 9.47. The van der Waals surface area contributed by atoms with Crippen molar-refractivity contribution >= 4 is 31.7 Å². The van der Waals surface area contributed by atoms with Crippen molar-refractivity contribution in [2.24, 2.45) is 0 Å². The Hall–Kier alpha value is -2.47. The number of hydrogen-bond acceptors (Lipinski definition) is 7. The summed E-state index contributed by atoms with van der Waals surface area (Å²) in [6.45, 7) is 2.81. The summed E-state index contributed by atoms with van der Waals surface area (Å²) in [7, 11) is -6.41. The van der Waals surface area contributed by atoms with E-state index in [9.17, 15) is 21.6 Å². The molecular formula is C19H22N2O7S2. The van der Waals surface area contributed by atoms with Gasteiger partial charge in [0.05, 0.1) is 41.4 Å². The van der Waals surface area contributed by atoms with Crippen LogP contribution in [0, 0.1) is 6.92 Å². The molecule has 2 aromatic rings. The number of rotatable bonds is 6. The Labute approximate surface area is 175 Å². The van der Waals surface area contributed by atoms with Gasteiger partial charge in [0.2, 0.25) is 10.0 Å². The fraction of sp³-hybridized carbons (Fsp3) is 0.316. The Morgan fingerprint density at radius 2 is 1.60 bits per heavy atom. The molecule has 0 bridgehead atoms. The molecule has 0 saturated carbocycles. The number of benzene rings is 2. The fourth-order valence-electron chi connectivity index (χ4n) is 2.95. The lowest BCUT2D eigenvalue weighted by atomic mass is 10.1. The van der Waals surface area contributed by atoms with Gasteiger partial charge in [-0.2, -0.15) is 4.31 Å². The van der Waals surface area contributed by atoms with Crippen LogP contribution in [0.2, 0.25) is 0 Å². The Kier molecular flexibility index (Phi) is 6.46. The average molecular weight is 455 g/mol. The minimum atomic E-state index is -3.96. The topological polar surface area (TPSA) is 119 Å². The number of hydrogen-bond donors (Lipinski definition) is 1. The molecule has 9 nitrogen and oxygen atoms in total. The van der Waals surface area contributed by atoms with E-state index in [4.69, 9.17) is 4.74 Å². The quantitative estimate of drug-likeness (QED) is 0.659. The number of esters is 1. The standard InChI is InChI=1S/C19H22N2O7S2/c1-14-13-15(19(22)27-2)3-8-18(14)20-29(23,24)16-4-6-17(7-5-16)30(25,26)21-9-11-28-12-10-21/h3-8,13,20H,9-12H2,1-2H3. The van der Waals surface area contributed by atoms with E-state index in [1.165, 1.54) is 53.9 Å². The summed E-state index contributed by atoms with van der Waals surface area (Å²) in [4.78, 5) is 11.5. The van der Waals surface area contributed by atoms with E-state index in [1.54, 1.807) is 6.92 Å². The number of nitrogens with one attached hydrogen (secondary N) is 1. The highest BCUT2D eigenvalue weighted by atomic mass is 32.2. The van der Waals surface area contributed by atoms with Crippen LogP contribution < -0.4 is 4.72 Å². The number of ether oxygens (including phenoxy) is 2. The minimum absolute atomic E-state index is 0.0157. The van der Waals surface area contributed by atoms with Gasteiger partial charge in [-0.1, -0.05) is 0 Å². The molecule has 0 unspecified atom stereocenters. The zero-order chi connectivity index (χ0) is 21.9. The number of nitrogens with zero attached hydrogens (tertiary/aromatic N) is 1. The van der Waals surface area contributed by atoms with Crippen molar-refractivity contribution in [3.63, 3.8) is 0 Å². The van der Waals surface area contributed by atoms with Crippen molar-refractivity contribution in [2.45, 2.75) is 16.7 Å². The van der Waals surface area contributed by atoms with E-state index in [2.05, 4.69) is 9.46 Å². The van der Waals surface area contributed by atoms with E-state index in [-0.39, 0.29) is 22.9 Å². The summed E-state index contributed by atoms with van der Waals surface area (Å²) in [5.74, 6) is -0.524. The van der Waals surface area contributed by atoms with Crippen LogP contribution in [0.1, 0.15) is 15.9 Å². The van der Waals surface area contributed by atoms with Gasteiger partial charge < -0.3 is 9.47 Å². The zero-order valence-corrected chi connectivity index (χ0v) is 18.1. The van der Waals surface area contributed by atoms with Crippen LogP contribution in [0.25, 0.3) is 0 Å². The molecule has 1 N–H and O–H groups in total. The number of methoxy groups -OCH3 is 1. The smallest absolute Gasteiger partial charge is 0.337 e. The maximum Gasteiger partial charge on any atom is 0.337 e. The summed E-state index contributed by atoms with van der Waals surface area (Å²) in [5.41, 5.74) is 1.14. The molecule has 0 radical (unpaired) electrons. The third-order valence-electron chi connectivity index (χ3n) is 4.63. The lowest BCUT2D eigenvalue weighted by Gasteiger charge is -2.26. The van der Waals surface area contributed by atoms with Crippen molar-refractivity contribution in [2.75, 3.05) is 38.1 Å². The first kappa shape index (κ1) is 22.2. The molecule has 3 rings (SSSR count). The summed E-state index contributed by atoms with van der Waals surface area (Å²) in [5, 5.41) is 0. The highest BCUT2D eigenvalue weighted by Crippen LogP contribution is 2.23. The first-order valence-corrected chi connectivity index (χ1v) is 12.0. The maximum atomic E-state index is 12.7.